The first kappa shape index (κ1) is 13.1. The number of carbonyl (C=O) groups excluding carboxylic acids is 4. The Kier molecular flexibility index (Phi) is 2.86. The van der Waals surface area contributed by atoms with Crippen LogP contribution in [-0.4, -0.2) is 53.8 Å². The van der Waals surface area contributed by atoms with Gasteiger partial charge in [-0.15, -0.1) is 0 Å². The van der Waals surface area contributed by atoms with Gasteiger partial charge in [0.05, 0.1) is 6.54 Å². The number of benzene rings is 1. The minimum Gasteiger partial charge on any atom is -0.454 e. The average molecular weight is 290 g/mol. The number of urea groups is 1. The molecule has 1 saturated heterocycles. The molecular weight excluding hydrogens is 280 g/mol. The molecule has 0 spiro atoms. The van der Waals surface area contributed by atoms with E-state index in [0.717, 1.165) is 0 Å². The van der Waals surface area contributed by atoms with E-state index in [1.54, 1.807) is 6.07 Å². The fourth-order valence-corrected chi connectivity index (χ4v) is 2.06. The lowest BCUT2D eigenvalue weighted by Crippen LogP contribution is -2.36. The van der Waals surface area contributed by atoms with Gasteiger partial charge in [0.15, 0.2) is 17.3 Å². The van der Waals surface area contributed by atoms with Crippen LogP contribution in [0, 0.1) is 0 Å². The quantitative estimate of drug-likeness (QED) is 0.442. The zero-order valence-corrected chi connectivity index (χ0v) is 11.0. The molecule has 1 aromatic carbocycles. The molecule has 0 unspecified atom stereocenters. The van der Waals surface area contributed by atoms with Gasteiger partial charge in [0, 0.05) is 12.6 Å². The fraction of sp³-hybridized carbons (Fsp3) is 0.231. The van der Waals surface area contributed by atoms with Gasteiger partial charge in [0.25, 0.3) is 0 Å². The third-order valence-electron chi connectivity index (χ3n) is 3.25. The van der Waals surface area contributed by atoms with Crippen LogP contribution in [0.25, 0.3) is 0 Å². The van der Waals surface area contributed by atoms with Crippen molar-refractivity contribution in [1.82, 2.24) is 9.80 Å². The summed E-state index contributed by atoms with van der Waals surface area (Å²) in [5.74, 6) is -1.48. The highest BCUT2D eigenvalue weighted by Gasteiger charge is 2.43. The Morgan fingerprint density at radius 2 is 1.86 bits per heavy atom. The number of hydrogen-bond donors (Lipinski definition) is 0. The van der Waals surface area contributed by atoms with Gasteiger partial charge in [-0.3, -0.25) is 19.3 Å². The Bertz CT molecular complexity index is 683. The zero-order valence-electron chi connectivity index (χ0n) is 11.0. The number of Topliss-reactive ketones (excluding diaryl/α,β-unsaturated/α-hetero) is 1. The maximum absolute atomic E-state index is 12.1. The molecule has 0 aromatic heterocycles. The second-order valence-electron chi connectivity index (χ2n) is 4.53. The molecule has 0 saturated carbocycles. The van der Waals surface area contributed by atoms with Gasteiger partial charge in [-0.1, -0.05) is 0 Å². The van der Waals surface area contributed by atoms with E-state index in [2.05, 4.69) is 0 Å². The van der Waals surface area contributed by atoms with Gasteiger partial charge >= 0.3 is 17.8 Å². The van der Waals surface area contributed by atoms with Crippen LogP contribution in [0.3, 0.4) is 0 Å². The second kappa shape index (κ2) is 4.58. The highest BCUT2D eigenvalue weighted by molar-refractivity contribution is 6.45. The summed E-state index contributed by atoms with van der Waals surface area (Å²) in [4.78, 5) is 48.1. The van der Waals surface area contributed by atoms with Gasteiger partial charge in [0.2, 0.25) is 6.79 Å². The van der Waals surface area contributed by atoms with Crippen LogP contribution < -0.4 is 9.47 Å². The molecule has 2 heterocycles. The number of rotatable bonds is 3. The number of fused-ring (bicyclic) bond motifs is 1. The maximum Gasteiger partial charge on any atom is 0.334 e. The summed E-state index contributed by atoms with van der Waals surface area (Å²) in [6.07, 6.45) is 0. The van der Waals surface area contributed by atoms with Crippen LogP contribution >= 0.6 is 0 Å². The Balaban J connectivity index is 1.79. The summed E-state index contributed by atoms with van der Waals surface area (Å²) in [5, 5.41) is 0. The summed E-state index contributed by atoms with van der Waals surface area (Å²) in [7, 11) is 1.19. The van der Waals surface area contributed by atoms with Crippen molar-refractivity contribution in [2.45, 2.75) is 0 Å². The van der Waals surface area contributed by atoms with E-state index in [-0.39, 0.29) is 12.4 Å². The average Bonchev–Trinajstić information content (AvgIpc) is 3.02. The maximum atomic E-state index is 12.1. The molecule has 0 atom stereocenters. The first-order valence-corrected chi connectivity index (χ1v) is 6.05. The molecule has 4 amide bonds. The van der Waals surface area contributed by atoms with Gasteiger partial charge in [-0.2, -0.15) is 0 Å². The van der Waals surface area contributed by atoms with Crippen LogP contribution in [0.5, 0.6) is 11.5 Å². The zero-order chi connectivity index (χ0) is 15.1. The van der Waals surface area contributed by atoms with Gasteiger partial charge in [0.1, 0.15) is 0 Å². The molecular formula is C13H10N2O6. The number of nitrogens with zero attached hydrogens (tertiary/aromatic N) is 2. The van der Waals surface area contributed by atoms with Crippen molar-refractivity contribution in [2.24, 2.45) is 0 Å². The van der Waals surface area contributed by atoms with E-state index in [9.17, 15) is 19.2 Å². The van der Waals surface area contributed by atoms with E-state index in [1.165, 1.54) is 19.2 Å². The summed E-state index contributed by atoms with van der Waals surface area (Å²) in [6, 6.07) is 3.74. The van der Waals surface area contributed by atoms with Crippen molar-refractivity contribution in [1.29, 1.82) is 0 Å². The molecule has 2 aliphatic rings. The summed E-state index contributed by atoms with van der Waals surface area (Å²) in [5.41, 5.74) is 0.266. The predicted octanol–water partition coefficient (Wildman–Crippen LogP) is 0.0186. The number of carbonyl (C=O) groups is 4. The Hall–Kier alpha value is -2.90. The molecule has 1 aromatic rings. The lowest BCUT2D eigenvalue weighted by atomic mass is 10.1. The smallest absolute Gasteiger partial charge is 0.334 e. The monoisotopic (exact) mass is 290 g/mol. The molecule has 2 aliphatic heterocycles. The largest absolute Gasteiger partial charge is 0.454 e. The molecule has 108 valence electrons. The third kappa shape index (κ3) is 2.00. The van der Waals surface area contributed by atoms with E-state index < -0.39 is 30.2 Å². The normalized spacial score (nSPS) is 16.9. The first-order chi connectivity index (χ1) is 9.99. The van der Waals surface area contributed by atoms with Crippen molar-refractivity contribution in [3.8, 4) is 11.5 Å². The predicted molar refractivity (Wildman–Crippen MR) is 66.8 cm³/mol. The molecule has 0 bridgehead atoms. The van der Waals surface area contributed by atoms with E-state index in [4.69, 9.17) is 9.47 Å². The summed E-state index contributed by atoms with van der Waals surface area (Å²) < 4.78 is 10.3. The lowest BCUT2D eigenvalue weighted by Gasteiger charge is -2.11. The number of hydrogen-bond acceptors (Lipinski definition) is 6. The second-order valence-corrected chi connectivity index (χ2v) is 4.53. The molecule has 21 heavy (non-hydrogen) atoms. The lowest BCUT2D eigenvalue weighted by molar-refractivity contribution is -0.142. The van der Waals surface area contributed by atoms with Crippen molar-refractivity contribution in [3.63, 3.8) is 0 Å². The molecule has 0 N–H and O–H groups in total. The molecule has 8 nitrogen and oxygen atoms in total. The van der Waals surface area contributed by atoms with Crippen molar-refractivity contribution in [3.05, 3.63) is 23.8 Å². The third-order valence-corrected chi connectivity index (χ3v) is 3.25. The Labute approximate surface area is 118 Å². The van der Waals surface area contributed by atoms with E-state index >= 15 is 0 Å². The van der Waals surface area contributed by atoms with Crippen molar-refractivity contribution in [2.75, 3.05) is 20.4 Å². The van der Waals surface area contributed by atoms with Gasteiger partial charge in [-0.05, 0) is 18.2 Å². The van der Waals surface area contributed by atoms with Gasteiger partial charge < -0.3 is 9.47 Å². The summed E-state index contributed by atoms with van der Waals surface area (Å²) in [6.45, 7) is -0.414. The van der Waals surface area contributed by atoms with Crippen LogP contribution in [0.15, 0.2) is 18.2 Å². The van der Waals surface area contributed by atoms with E-state index in [0.29, 0.717) is 21.3 Å². The van der Waals surface area contributed by atoms with Crippen LogP contribution in [-0.2, 0) is 9.59 Å². The van der Waals surface area contributed by atoms with Crippen LogP contribution in [0.4, 0.5) is 4.79 Å². The fourth-order valence-electron chi connectivity index (χ4n) is 2.06. The van der Waals surface area contributed by atoms with Crippen molar-refractivity contribution < 1.29 is 28.7 Å². The topological polar surface area (TPSA) is 93.2 Å². The minimum absolute atomic E-state index is 0.0787. The summed E-state index contributed by atoms with van der Waals surface area (Å²) >= 11 is 0. The minimum atomic E-state index is -1.00. The Morgan fingerprint density at radius 3 is 2.52 bits per heavy atom. The first-order valence-electron chi connectivity index (χ1n) is 6.05. The Morgan fingerprint density at radius 1 is 1.14 bits per heavy atom. The van der Waals surface area contributed by atoms with Crippen LogP contribution in [0.2, 0.25) is 0 Å². The van der Waals surface area contributed by atoms with E-state index in [1.807, 2.05) is 0 Å². The molecule has 0 radical (unpaired) electrons. The molecule has 8 heteroatoms. The number of imide groups is 2. The number of ketones is 1. The van der Waals surface area contributed by atoms with Crippen molar-refractivity contribution >= 4 is 23.6 Å². The number of amides is 4. The number of ether oxygens (including phenoxy) is 2. The highest BCUT2D eigenvalue weighted by atomic mass is 16.7. The SMILES string of the molecule is CN1C(=O)C(=O)N(CC(=O)c2ccc3c(c2)OCO3)C1=O. The molecule has 3 rings (SSSR count). The number of likely N-dealkylation sites (N-methyl/N-ethyl adjacent to an activating group) is 1. The molecule has 1 fully saturated rings. The molecule has 0 aliphatic carbocycles. The highest BCUT2D eigenvalue weighted by Crippen LogP contribution is 2.32. The van der Waals surface area contributed by atoms with Crippen LogP contribution in [0.1, 0.15) is 10.4 Å². The van der Waals surface area contributed by atoms with Gasteiger partial charge in [-0.25, -0.2) is 9.69 Å². The standard InChI is InChI=1S/C13H10N2O6/c1-14-11(17)12(18)15(13(14)19)5-8(16)7-2-3-9-10(4-7)21-6-20-9/h2-4H,5-6H2,1H3.